The van der Waals surface area contributed by atoms with Crippen LogP contribution in [0.5, 0.6) is 11.5 Å². The maximum atomic E-state index is 9.59. The lowest BCUT2D eigenvalue weighted by Crippen LogP contribution is -1.93. The number of rotatable bonds is 1. The number of aromatic hydroxyl groups is 2. The van der Waals surface area contributed by atoms with E-state index in [2.05, 4.69) is 0 Å². The Morgan fingerprint density at radius 1 is 1.00 bits per heavy atom. The maximum Gasteiger partial charge on any atom is 0.122 e. The number of benzene rings is 1. The average Bonchev–Trinajstić information content (AvgIpc) is 2.57. The molecule has 2 nitrogen and oxygen atoms in total. The Morgan fingerprint density at radius 3 is 2.08 bits per heavy atom. The second kappa shape index (κ2) is 3.29. The van der Waals surface area contributed by atoms with Crippen LogP contribution in [0.1, 0.15) is 37.2 Å². The van der Waals surface area contributed by atoms with Crippen LogP contribution in [0.2, 0.25) is 0 Å². The van der Waals surface area contributed by atoms with Crippen molar-refractivity contribution in [2.45, 2.75) is 31.6 Å². The molecule has 1 aliphatic rings. The van der Waals surface area contributed by atoms with E-state index in [9.17, 15) is 10.2 Å². The zero-order valence-electron chi connectivity index (χ0n) is 7.53. The molecule has 0 heterocycles. The number of phenols is 2. The molecule has 0 bridgehead atoms. The van der Waals surface area contributed by atoms with Crippen LogP contribution in [0.4, 0.5) is 0 Å². The van der Waals surface area contributed by atoms with E-state index in [4.69, 9.17) is 0 Å². The molecule has 2 rings (SSSR count). The summed E-state index contributed by atoms with van der Waals surface area (Å²) < 4.78 is 0. The summed E-state index contributed by atoms with van der Waals surface area (Å²) in [4.78, 5) is 0. The van der Waals surface area contributed by atoms with Gasteiger partial charge in [-0.15, -0.1) is 0 Å². The van der Waals surface area contributed by atoms with Crippen molar-refractivity contribution < 1.29 is 10.2 Å². The minimum Gasteiger partial charge on any atom is -0.508 e. The van der Waals surface area contributed by atoms with Gasteiger partial charge in [0.2, 0.25) is 0 Å². The van der Waals surface area contributed by atoms with Crippen LogP contribution >= 0.6 is 0 Å². The molecule has 0 aliphatic heterocycles. The van der Waals surface area contributed by atoms with Gasteiger partial charge in [-0.3, -0.25) is 0 Å². The number of hydrogen-bond donors (Lipinski definition) is 2. The summed E-state index contributed by atoms with van der Waals surface area (Å²) in [6, 6.07) is 4.96. The number of phenolic OH excluding ortho intramolecular Hbond substituents is 2. The summed E-state index contributed by atoms with van der Waals surface area (Å²) in [6.45, 7) is 0. The molecule has 0 unspecified atom stereocenters. The Labute approximate surface area is 77.8 Å². The van der Waals surface area contributed by atoms with E-state index in [1.54, 1.807) is 18.2 Å². The van der Waals surface area contributed by atoms with Gasteiger partial charge < -0.3 is 10.2 Å². The van der Waals surface area contributed by atoms with Crippen molar-refractivity contribution in [3.05, 3.63) is 23.8 Å². The molecule has 13 heavy (non-hydrogen) atoms. The molecule has 0 saturated heterocycles. The lowest BCUT2D eigenvalue weighted by atomic mass is 9.96. The first kappa shape index (κ1) is 8.42. The van der Waals surface area contributed by atoms with Crippen molar-refractivity contribution in [3.63, 3.8) is 0 Å². The van der Waals surface area contributed by atoms with Gasteiger partial charge in [-0.25, -0.2) is 0 Å². The van der Waals surface area contributed by atoms with Crippen LogP contribution in [-0.4, -0.2) is 10.2 Å². The smallest absolute Gasteiger partial charge is 0.122 e. The third kappa shape index (κ3) is 1.48. The van der Waals surface area contributed by atoms with Crippen LogP contribution < -0.4 is 0 Å². The average molecular weight is 178 g/mol. The van der Waals surface area contributed by atoms with Crippen LogP contribution in [0.3, 0.4) is 0 Å². The molecule has 70 valence electrons. The lowest BCUT2D eigenvalue weighted by Gasteiger charge is -2.12. The van der Waals surface area contributed by atoms with Crippen LogP contribution in [-0.2, 0) is 0 Å². The van der Waals surface area contributed by atoms with Gasteiger partial charge >= 0.3 is 0 Å². The first-order chi connectivity index (χ1) is 6.29. The van der Waals surface area contributed by atoms with Gasteiger partial charge in [-0.2, -0.15) is 0 Å². The van der Waals surface area contributed by atoms with Crippen molar-refractivity contribution in [3.8, 4) is 11.5 Å². The molecule has 1 aliphatic carbocycles. The predicted molar refractivity (Wildman–Crippen MR) is 51.0 cm³/mol. The van der Waals surface area contributed by atoms with E-state index >= 15 is 0 Å². The second-order valence-corrected chi connectivity index (χ2v) is 3.69. The van der Waals surface area contributed by atoms with Gasteiger partial charge in [0.15, 0.2) is 0 Å². The fourth-order valence-electron chi connectivity index (χ4n) is 2.17. The Morgan fingerprint density at radius 2 is 1.54 bits per heavy atom. The van der Waals surface area contributed by atoms with Gasteiger partial charge in [0.05, 0.1) is 0 Å². The normalized spacial score (nSPS) is 17.8. The third-order valence-electron chi connectivity index (χ3n) is 2.82. The number of hydrogen-bond acceptors (Lipinski definition) is 2. The molecule has 1 saturated carbocycles. The predicted octanol–water partition coefficient (Wildman–Crippen LogP) is 2.76. The van der Waals surface area contributed by atoms with Gasteiger partial charge in [-0.1, -0.05) is 18.9 Å². The van der Waals surface area contributed by atoms with E-state index in [1.807, 2.05) is 0 Å². The highest BCUT2D eigenvalue weighted by molar-refractivity contribution is 5.45. The van der Waals surface area contributed by atoms with E-state index in [0.29, 0.717) is 5.92 Å². The Balaban J connectivity index is 2.37. The standard InChI is InChI=1S/C11H14O2/c12-9-6-3-7-10(13)11(9)8-4-1-2-5-8/h3,6-8,12-13H,1-2,4-5H2. The molecule has 1 aromatic carbocycles. The largest absolute Gasteiger partial charge is 0.508 e. The van der Waals surface area contributed by atoms with Crippen molar-refractivity contribution in [1.29, 1.82) is 0 Å². The highest BCUT2D eigenvalue weighted by atomic mass is 16.3. The highest BCUT2D eigenvalue weighted by Crippen LogP contribution is 2.42. The minimum atomic E-state index is 0.243. The first-order valence-corrected chi connectivity index (χ1v) is 4.80. The fraction of sp³-hybridized carbons (Fsp3) is 0.455. The summed E-state index contributed by atoms with van der Waals surface area (Å²) in [7, 11) is 0. The summed E-state index contributed by atoms with van der Waals surface area (Å²) in [5.74, 6) is 0.847. The quantitative estimate of drug-likeness (QED) is 0.694. The van der Waals surface area contributed by atoms with E-state index in [0.717, 1.165) is 18.4 Å². The van der Waals surface area contributed by atoms with Crippen LogP contribution in [0, 0.1) is 0 Å². The van der Waals surface area contributed by atoms with E-state index < -0.39 is 0 Å². The van der Waals surface area contributed by atoms with Gasteiger partial charge in [0, 0.05) is 5.56 Å². The van der Waals surface area contributed by atoms with Crippen molar-refractivity contribution in [2.75, 3.05) is 0 Å². The molecular weight excluding hydrogens is 164 g/mol. The molecule has 2 N–H and O–H groups in total. The monoisotopic (exact) mass is 178 g/mol. The van der Waals surface area contributed by atoms with E-state index in [-0.39, 0.29) is 11.5 Å². The summed E-state index contributed by atoms with van der Waals surface area (Å²) in [5.41, 5.74) is 0.750. The first-order valence-electron chi connectivity index (χ1n) is 4.80. The maximum absolute atomic E-state index is 9.59. The molecule has 1 aromatic rings. The zero-order valence-corrected chi connectivity index (χ0v) is 7.53. The second-order valence-electron chi connectivity index (χ2n) is 3.69. The molecule has 0 radical (unpaired) electrons. The zero-order chi connectivity index (χ0) is 9.26. The molecule has 0 amide bonds. The van der Waals surface area contributed by atoms with Crippen molar-refractivity contribution >= 4 is 0 Å². The molecule has 0 aromatic heterocycles. The minimum absolute atomic E-state index is 0.243. The fourth-order valence-corrected chi connectivity index (χ4v) is 2.17. The van der Waals surface area contributed by atoms with Crippen LogP contribution in [0.15, 0.2) is 18.2 Å². The van der Waals surface area contributed by atoms with Crippen molar-refractivity contribution in [2.24, 2.45) is 0 Å². The molecular formula is C11H14O2. The van der Waals surface area contributed by atoms with Gasteiger partial charge in [-0.05, 0) is 30.9 Å². The Kier molecular flexibility index (Phi) is 2.13. The summed E-state index contributed by atoms with van der Waals surface area (Å²) in [5, 5.41) is 19.2. The highest BCUT2D eigenvalue weighted by Gasteiger charge is 2.22. The molecule has 2 heteroatoms. The third-order valence-corrected chi connectivity index (χ3v) is 2.82. The Hall–Kier alpha value is -1.18. The topological polar surface area (TPSA) is 40.5 Å². The van der Waals surface area contributed by atoms with Gasteiger partial charge in [0.1, 0.15) is 11.5 Å². The summed E-state index contributed by atoms with van der Waals surface area (Å²) >= 11 is 0. The van der Waals surface area contributed by atoms with Gasteiger partial charge in [0.25, 0.3) is 0 Å². The molecule has 0 spiro atoms. The van der Waals surface area contributed by atoms with E-state index in [1.165, 1.54) is 12.8 Å². The molecule has 1 fully saturated rings. The SMILES string of the molecule is Oc1cccc(O)c1C1CCCC1. The molecule has 0 atom stereocenters. The van der Waals surface area contributed by atoms with Crippen molar-refractivity contribution in [1.82, 2.24) is 0 Å². The Bertz CT molecular complexity index is 281. The van der Waals surface area contributed by atoms with Crippen LogP contribution in [0.25, 0.3) is 0 Å². The summed E-state index contributed by atoms with van der Waals surface area (Å²) in [6.07, 6.45) is 4.59. The lowest BCUT2D eigenvalue weighted by molar-refractivity contribution is 0.428.